The third-order valence-corrected chi connectivity index (χ3v) is 2.29. The fraction of sp³-hybridized carbons (Fsp3) is 0.200. The van der Waals surface area contributed by atoms with E-state index in [2.05, 4.69) is 10.2 Å². The number of rotatable bonds is 3. The average molecular weight is 219 g/mol. The molecule has 0 aliphatic heterocycles. The van der Waals surface area contributed by atoms with Crippen molar-refractivity contribution in [2.24, 2.45) is 5.18 Å². The Morgan fingerprint density at radius 3 is 3.00 bits per heavy atom. The highest BCUT2D eigenvalue weighted by atomic mass is 16.4. The number of aliphatic carboxylic acids is 1. The van der Waals surface area contributed by atoms with Gasteiger partial charge in [-0.05, 0) is 23.7 Å². The Morgan fingerprint density at radius 1 is 1.62 bits per heavy atom. The van der Waals surface area contributed by atoms with Crippen LogP contribution >= 0.6 is 0 Å². The number of imidazole rings is 1. The van der Waals surface area contributed by atoms with Crippen molar-refractivity contribution in [1.29, 1.82) is 0 Å². The molecule has 6 heteroatoms. The van der Waals surface area contributed by atoms with Crippen LogP contribution in [0, 0.1) is 11.8 Å². The predicted octanol–water partition coefficient (Wildman–Crippen LogP) is 1.67. The number of aryl methyl sites for hydroxylation is 1. The van der Waals surface area contributed by atoms with E-state index in [1.54, 1.807) is 12.3 Å². The maximum absolute atomic E-state index is 10.7. The van der Waals surface area contributed by atoms with Gasteiger partial charge in [0.25, 0.3) is 0 Å². The van der Waals surface area contributed by atoms with E-state index < -0.39 is 5.97 Å². The summed E-state index contributed by atoms with van der Waals surface area (Å²) in [6.45, 7) is 1.83. The number of hydrogen-bond acceptors (Lipinski definition) is 4. The molecular formula is C10H9N3O3. The van der Waals surface area contributed by atoms with Crippen LogP contribution in [0.1, 0.15) is 11.3 Å². The number of nitrogens with zero attached hydrogens (tertiary/aromatic N) is 3. The second-order valence-corrected chi connectivity index (χ2v) is 3.43. The molecule has 2 aromatic heterocycles. The van der Waals surface area contributed by atoms with Crippen LogP contribution in [0.2, 0.25) is 0 Å². The van der Waals surface area contributed by atoms with Gasteiger partial charge in [0, 0.05) is 6.20 Å². The van der Waals surface area contributed by atoms with Crippen molar-refractivity contribution in [1.82, 2.24) is 9.38 Å². The van der Waals surface area contributed by atoms with Crippen molar-refractivity contribution in [2.45, 2.75) is 13.3 Å². The lowest BCUT2D eigenvalue weighted by atomic mass is 10.3. The molecular weight excluding hydrogens is 210 g/mol. The molecule has 0 saturated heterocycles. The zero-order valence-electron chi connectivity index (χ0n) is 8.54. The molecule has 0 fully saturated rings. The van der Waals surface area contributed by atoms with Gasteiger partial charge in [0.2, 0.25) is 5.82 Å². The molecule has 2 heterocycles. The zero-order chi connectivity index (χ0) is 11.7. The third kappa shape index (κ3) is 1.54. The Hall–Kier alpha value is -2.24. The summed E-state index contributed by atoms with van der Waals surface area (Å²) in [4.78, 5) is 25.4. The molecule has 0 aromatic carbocycles. The Labute approximate surface area is 90.5 Å². The van der Waals surface area contributed by atoms with Gasteiger partial charge in [0.1, 0.15) is 11.3 Å². The van der Waals surface area contributed by atoms with Crippen molar-refractivity contribution < 1.29 is 9.90 Å². The summed E-state index contributed by atoms with van der Waals surface area (Å²) >= 11 is 0. The summed E-state index contributed by atoms with van der Waals surface area (Å²) in [6.07, 6.45) is 1.33. The molecule has 0 unspecified atom stereocenters. The Morgan fingerprint density at radius 2 is 2.38 bits per heavy atom. The molecule has 0 aliphatic rings. The first-order chi connectivity index (χ1) is 7.63. The van der Waals surface area contributed by atoms with Crippen molar-refractivity contribution in [3.63, 3.8) is 0 Å². The maximum atomic E-state index is 10.7. The lowest BCUT2D eigenvalue weighted by molar-refractivity contribution is -0.136. The Kier molecular flexibility index (Phi) is 2.40. The lowest BCUT2D eigenvalue weighted by Crippen LogP contribution is -2.00. The number of pyridine rings is 1. The highest BCUT2D eigenvalue weighted by Crippen LogP contribution is 2.23. The summed E-state index contributed by atoms with van der Waals surface area (Å²) < 4.78 is 1.50. The van der Waals surface area contributed by atoms with E-state index in [0.29, 0.717) is 5.65 Å². The molecule has 0 radical (unpaired) electrons. The van der Waals surface area contributed by atoms with Crippen molar-refractivity contribution >= 4 is 17.4 Å². The summed E-state index contributed by atoms with van der Waals surface area (Å²) in [5, 5.41) is 11.5. The topological polar surface area (TPSA) is 84.0 Å². The molecule has 2 rings (SSSR count). The summed E-state index contributed by atoms with van der Waals surface area (Å²) in [7, 11) is 0. The van der Waals surface area contributed by atoms with Crippen LogP contribution in [0.5, 0.6) is 0 Å². The second-order valence-electron chi connectivity index (χ2n) is 3.43. The van der Waals surface area contributed by atoms with E-state index in [9.17, 15) is 9.70 Å². The van der Waals surface area contributed by atoms with Gasteiger partial charge in [-0.3, -0.25) is 9.20 Å². The number of carboxylic acids is 1. The Bertz CT molecular complexity index is 574. The van der Waals surface area contributed by atoms with Gasteiger partial charge in [-0.15, -0.1) is 4.91 Å². The second kappa shape index (κ2) is 3.73. The molecule has 0 spiro atoms. The fourth-order valence-electron chi connectivity index (χ4n) is 1.60. The van der Waals surface area contributed by atoms with Crippen molar-refractivity contribution in [3.05, 3.63) is 34.5 Å². The molecule has 0 amide bonds. The highest BCUT2D eigenvalue weighted by molar-refractivity contribution is 5.72. The largest absolute Gasteiger partial charge is 0.481 e. The van der Waals surface area contributed by atoms with E-state index in [-0.39, 0.29) is 17.9 Å². The van der Waals surface area contributed by atoms with Crippen LogP contribution in [-0.4, -0.2) is 20.5 Å². The van der Waals surface area contributed by atoms with Gasteiger partial charge >= 0.3 is 5.97 Å². The molecule has 6 nitrogen and oxygen atoms in total. The highest BCUT2D eigenvalue weighted by Gasteiger charge is 2.16. The minimum atomic E-state index is -1.04. The molecule has 0 bridgehead atoms. The normalized spacial score (nSPS) is 10.6. The monoisotopic (exact) mass is 219 g/mol. The van der Waals surface area contributed by atoms with Crippen LogP contribution in [0.3, 0.4) is 0 Å². The molecule has 0 atom stereocenters. The first-order valence-corrected chi connectivity index (χ1v) is 4.65. The fourth-order valence-corrected chi connectivity index (χ4v) is 1.60. The molecule has 0 saturated carbocycles. The number of carbonyl (C=O) groups is 1. The van der Waals surface area contributed by atoms with Gasteiger partial charge in [0.15, 0.2) is 0 Å². The molecule has 82 valence electrons. The first kappa shape index (κ1) is 10.3. The van der Waals surface area contributed by atoms with Crippen molar-refractivity contribution in [3.8, 4) is 0 Å². The smallest absolute Gasteiger partial charge is 0.309 e. The zero-order valence-corrected chi connectivity index (χ0v) is 8.54. The van der Waals surface area contributed by atoms with E-state index in [1.165, 1.54) is 4.40 Å². The molecule has 1 N–H and O–H groups in total. The van der Waals surface area contributed by atoms with Crippen LogP contribution in [0.15, 0.2) is 23.5 Å². The number of aromatic nitrogens is 2. The SMILES string of the molecule is Cc1cccn2c(N=O)c(CC(=O)O)nc12. The molecule has 2 aromatic rings. The first-order valence-electron chi connectivity index (χ1n) is 4.65. The van der Waals surface area contributed by atoms with Gasteiger partial charge in [0.05, 0.1) is 6.42 Å². The number of fused-ring (bicyclic) bond motifs is 1. The summed E-state index contributed by atoms with van der Waals surface area (Å²) in [5.74, 6) is -0.980. The quantitative estimate of drug-likeness (QED) is 0.795. The van der Waals surface area contributed by atoms with Crippen molar-refractivity contribution in [2.75, 3.05) is 0 Å². The lowest BCUT2D eigenvalue weighted by Gasteiger charge is -1.96. The predicted molar refractivity (Wildman–Crippen MR) is 56.7 cm³/mol. The van der Waals surface area contributed by atoms with Crippen LogP contribution in [0.25, 0.3) is 5.65 Å². The van der Waals surface area contributed by atoms with Crippen LogP contribution in [-0.2, 0) is 11.2 Å². The minimum absolute atomic E-state index is 0.0566. The van der Waals surface area contributed by atoms with E-state index >= 15 is 0 Å². The van der Waals surface area contributed by atoms with E-state index in [0.717, 1.165) is 5.56 Å². The summed E-state index contributed by atoms with van der Waals surface area (Å²) in [6, 6.07) is 3.59. The van der Waals surface area contributed by atoms with Gasteiger partial charge in [-0.25, -0.2) is 4.98 Å². The van der Waals surface area contributed by atoms with E-state index in [1.807, 2.05) is 13.0 Å². The number of hydrogen-bond donors (Lipinski definition) is 1. The molecule has 0 aliphatic carbocycles. The number of nitroso groups, excluding NO2 is 1. The average Bonchev–Trinajstić information content (AvgIpc) is 2.56. The van der Waals surface area contributed by atoms with Gasteiger partial charge in [-0.2, -0.15) is 0 Å². The van der Waals surface area contributed by atoms with Gasteiger partial charge in [-0.1, -0.05) is 6.07 Å². The van der Waals surface area contributed by atoms with Crippen LogP contribution in [0.4, 0.5) is 5.82 Å². The minimum Gasteiger partial charge on any atom is -0.481 e. The number of carboxylic acid groups (broad SMARTS) is 1. The molecule has 16 heavy (non-hydrogen) atoms. The maximum Gasteiger partial charge on any atom is 0.309 e. The summed E-state index contributed by atoms with van der Waals surface area (Å²) in [5.41, 5.74) is 1.62. The third-order valence-electron chi connectivity index (χ3n) is 2.29. The van der Waals surface area contributed by atoms with E-state index in [4.69, 9.17) is 5.11 Å². The Balaban J connectivity index is 2.70. The van der Waals surface area contributed by atoms with Gasteiger partial charge < -0.3 is 5.11 Å². The van der Waals surface area contributed by atoms with Crippen LogP contribution < -0.4 is 0 Å². The standard InChI is InChI=1S/C10H9N3O3/c1-6-3-2-4-13-9(6)11-7(5-8(14)15)10(13)12-16/h2-4H,5H2,1H3,(H,14,15).